The maximum Gasteiger partial charge on any atom is 0.414 e. The van der Waals surface area contributed by atoms with Gasteiger partial charge in [-0.3, -0.25) is 9.69 Å². The monoisotopic (exact) mass is 514 g/mol. The molecule has 1 aromatic heterocycles. The van der Waals surface area contributed by atoms with Gasteiger partial charge in [0.2, 0.25) is 0 Å². The summed E-state index contributed by atoms with van der Waals surface area (Å²) in [6.45, 7) is 3.92. The molecule has 4 rings (SSSR count). The summed E-state index contributed by atoms with van der Waals surface area (Å²) in [6, 6.07) is 16.5. The summed E-state index contributed by atoms with van der Waals surface area (Å²) in [6.07, 6.45) is 3.34. The molecule has 1 aliphatic rings. The van der Waals surface area contributed by atoms with Gasteiger partial charge in [0.05, 0.1) is 6.26 Å². The third kappa shape index (κ3) is 8.25. The second kappa shape index (κ2) is 13.3. The van der Waals surface area contributed by atoms with E-state index in [1.54, 1.807) is 12.1 Å². The number of carboxylic acids is 2. The van der Waals surface area contributed by atoms with E-state index >= 15 is 0 Å². The molecule has 8 nitrogen and oxygen atoms in total. The highest BCUT2D eigenvalue weighted by atomic mass is 19.1. The number of hydrogen-bond donors (Lipinski definition) is 2. The molecule has 2 N–H and O–H groups in total. The van der Waals surface area contributed by atoms with Crippen molar-refractivity contribution in [1.29, 1.82) is 0 Å². The maximum atomic E-state index is 13.4. The van der Waals surface area contributed by atoms with Gasteiger partial charge in [-0.2, -0.15) is 0 Å². The van der Waals surface area contributed by atoms with Crippen molar-refractivity contribution in [2.24, 2.45) is 0 Å². The van der Waals surface area contributed by atoms with Crippen molar-refractivity contribution in [1.82, 2.24) is 9.80 Å². The minimum Gasteiger partial charge on any atom is -0.473 e. The van der Waals surface area contributed by atoms with Gasteiger partial charge in [0, 0.05) is 32.1 Å². The number of rotatable bonds is 7. The molecule has 2 heterocycles. The summed E-state index contributed by atoms with van der Waals surface area (Å²) in [4.78, 5) is 34.8. The van der Waals surface area contributed by atoms with E-state index in [2.05, 4.69) is 4.90 Å². The van der Waals surface area contributed by atoms with E-state index in [1.807, 2.05) is 29.2 Å². The number of amides is 1. The van der Waals surface area contributed by atoms with Crippen molar-refractivity contribution in [2.75, 3.05) is 32.7 Å². The third-order valence-electron chi connectivity index (χ3n) is 6.09. The summed E-state index contributed by atoms with van der Waals surface area (Å²) in [5, 5.41) is 14.8. The molecule has 0 atom stereocenters. The van der Waals surface area contributed by atoms with Crippen LogP contribution in [0.1, 0.15) is 40.4 Å². The van der Waals surface area contributed by atoms with E-state index in [-0.39, 0.29) is 23.5 Å². The number of piperazine rings is 1. The van der Waals surface area contributed by atoms with E-state index in [4.69, 9.17) is 24.2 Å². The van der Waals surface area contributed by atoms with Gasteiger partial charge in [0.1, 0.15) is 11.6 Å². The molecular formula is C27H28F2N2O6. The van der Waals surface area contributed by atoms with E-state index in [1.165, 1.54) is 30.5 Å². The molecule has 0 aliphatic carbocycles. The minimum atomic E-state index is -1.82. The van der Waals surface area contributed by atoms with Crippen molar-refractivity contribution in [3.05, 3.63) is 95.4 Å². The number of carboxylic acid groups (broad SMARTS) is 2. The first-order chi connectivity index (χ1) is 17.7. The van der Waals surface area contributed by atoms with Crippen molar-refractivity contribution in [2.45, 2.75) is 18.8 Å². The first-order valence-electron chi connectivity index (χ1n) is 11.8. The second-order valence-electron chi connectivity index (χ2n) is 8.52. The predicted molar refractivity (Wildman–Crippen MR) is 130 cm³/mol. The van der Waals surface area contributed by atoms with Gasteiger partial charge in [0.25, 0.3) is 5.91 Å². The Kier molecular flexibility index (Phi) is 9.91. The Labute approximate surface area is 212 Å². The quantitative estimate of drug-likeness (QED) is 0.457. The number of benzene rings is 2. The fourth-order valence-electron chi connectivity index (χ4n) is 4.17. The lowest BCUT2D eigenvalue weighted by atomic mass is 9.87. The molecule has 0 spiro atoms. The molecule has 0 bridgehead atoms. The largest absolute Gasteiger partial charge is 0.473 e. The lowest BCUT2D eigenvalue weighted by Crippen LogP contribution is -2.48. The lowest BCUT2D eigenvalue weighted by molar-refractivity contribution is -0.159. The Morgan fingerprint density at radius 1 is 0.811 bits per heavy atom. The lowest BCUT2D eigenvalue weighted by Gasteiger charge is -2.34. The van der Waals surface area contributed by atoms with Crippen LogP contribution in [0.5, 0.6) is 0 Å². The molecule has 1 amide bonds. The number of furan rings is 1. The van der Waals surface area contributed by atoms with Crippen LogP contribution in [-0.4, -0.2) is 70.6 Å². The Morgan fingerprint density at radius 3 is 1.76 bits per heavy atom. The van der Waals surface area contributed by atoms with Crippen LogP contribution in [-0.2, 0) is 9.59 Å². The van der Waals surface area contributed by atoms with Gasteiger partial charge >= 0.3 is 11.9 Å². The van der Waals surface area contributed by atoms with Crippen LogP contribution in [0.4, 0.5) is 8.78 Å². The summed E-state index contributed by atoms with van der Waals surface area (Å²) in [7, 11) is 0. The predicted octanol–water partition coefficient (Wildman–Crippen LogP) is 4.08. The highest BCUT2D eigenvalue weighted by molar-refractivity contribution is 6.27. The minimum absolute atomic E-state index is 0.0580. The van der Waals surface area contributed by atoms with Gasteiger partial charge in [0.15, 0.2) is 5.76 Å². The van der Waals surface area contributed by atoms with Crippen molar-refractivity contribution < 1.29 is 37.8 Å². The molecule has 2 aromatic carbocycles. The number of carbonyl (C=O) groups excluding carboxylic acids is 1. The van der Waals surface area contributed by atoms with E-state index < -0.39 is 11.9 Å². The van der Waals surface area contributed by atoms with Crippen LogP contribution in [0, 0.1) is 11.6 Å². The summed E-state index contributed by atoms with van der Waals surface area (Å²) in [5.74, 6) is -3.76. The molecule has 10 heteroatoms. The molecule has 1 aliphatic heterocycles. The van der Waals surface area contributed by atoms with Crippen LogP contribution in [0.15, 0.2) is 71.3 Å². The Morgan fingerprint density at radius 2 is 1.32 bits per heavy atom. The van der Waals surface area contributed by atoms with Gasteiger partial charge in [-0.15, -0.1) is 0 Å². The summed E-state index contributed by atoms with van der Waals surface area (Å²) < 4.78 is 32.0. The van der Waals surface area contributed by atoms with E-state index in [0.29, 0.717) is 18.8 Å². The average molecular weight is 515 g/mol. The van der Waals surface area contributed by atoms with Crippen LogP contribution in [0.3, 0.4) is 0 Å². The van der Waals surface area contributed by atoms with Crippen molar-refractivity contribution in [3.8, 4) is 0 Å². The molecule has 37 heavy (non-hydrogen) atoms. The van der Waals surface area contributed by atoms with Gasteiger partial charge in [-0.1, -0.05) is 24.3 Å². The van der Waals surface area contributed by atoms with E-state index in [0.717, 1.165) is 43.6 Å². The Balaban J connectivity index is 0.000000568. The molecular weight excluding hydrogens is 486 g/mol. The molecule has 196 valence electrons. The SMILES string of the molecule is O=C(O)C(=O)O.O=C(c1ccco1)N1CCN(CCCC(c2ccc(F)cc2)c2ccc(F)cc2)CC1. The van der Waals surface area contributed by atoms with Crippen LogP contribution in [0.2, 0.25) is 0 Å². The molecule has 0 saturated carbocycles. The third-order valence-corrected chi connectivity index (χ3v) is 6.09. The number of hydrogen-bond acceptors (Lipinski definition) is 5. The molecule has 1 saturated heterocycles. The number of halogens is 2. The first kappa shape index (κ1) is 27.5. The van der Waals surface area contributed by atoms with Gasteiger partial charge < -0.3 is 19.5 Å². The Hall–Kier alpha value is -4.05. The zero-order valence-electron chi connectivity index (χ0n) is 20.1. The van der Waals surface area contributed by atoms with Gasteiger partial charge in [-0.25, -0.2) is 18.4 Å². The number of aliphatic carboxylic acids is 2. The van der Waals surface area contributed by atoms with Crippen LogP contribution < -0.4 is 0 Å². The van der Waals surface area contributed by atoms with Gasteiger partial charge in [-0.05, 0) is 66.9 Å². The normalized spacial score (nSPS) is 13.6. The molecule has 0 unspecified atom stereocenters. The molecule has 3 aromatic rings. The van der Waals surface area contributed by atoms with Crippen molar-refractivity contribution in [3.63, 3.8) is 0 Å². The zero-order chi connectivity index (χ0) is 26.8. The molecule has 1 fully saturated rings. The van der Waals surface area contributed by atoms with Crippen molar-refractivity contribution >= 4 is 17.8 Å². The number of nitrogens with zero attached hydrogens (tertiary/aromatic N) is 2. The molecule has 0 radical (unpaired) electrons. The second-order valence-corrected chi connectivity index (χ2v) is 8.52. The standard InChI is InChI=1S/C25H26F2N2O2.C2H2O4/c26-21-9-5-19(6-10-21)23(20-7-11-22(27)12-8-20)3-1-13-28-14-16-29(17-15-28)25(30)24-4-2-18-31-24;3-1(4)2(5)6/h2,4-12,18,23H,1,3,13-17H2;(H,3,4)(H,5,6). The highest BCUT2D eigenvalue weighted by Gasteiger charge is 2.24. The maximum absolute atomic E-state index is 13.4. The van der Waals surface area contributed by atoms with Crippen LogP contribution in [0.25, 0.3) is 0 Å². The highest BCUT2D eigenvalue weighted by Crippen LogP contribution is 2.30. The van der Waals surface area contributed by atoms with Crippen LogP contribution >= 0.6 is 0 Å². The topological polar surface area (TPSA) is 111 Å². The number of carbonyl (C=O) groups is 3. The Bertz CT molecular complexity index is 1100. The zero-order valence-corrected chi connectivity index (χ0v) is 20.1. The summed E-state index contributed by atoms with van der Waals surface area (Å²) in [5.41, 5.74) is 2.06. The average Bonchev–Trinajstić information content (AvgIpc) is 3.43. The summed E-state index contributed by atoms with van der Waals surface area (Å²) >= 11 is 0. The van der Waals surface area contributed by atoms with E-state index in [9.17, 15) is 13.6 Å². The fourth-order valence-corrected chi connectivity index (χ4v) is 4.17. The first-order valence-corrected chi connectivity index (χ1v) is 11.8. The smallest absolute Gasteiger partial charge is 0.414 e. The fraction of sp³-hybridized carbons (Fsp3) is 0.296.